The third-order valence-corrected chi connectivity index (χ3v) is 2.91. The van der Waals surface area contributed by atoms with Crippen LogP contribution in [0.4, 0.5) is 0 Å². The summed E-state index contributed by atoms with van der Waals surface area (Å²) in [6.07, 6.45) is 1.50. The number of nitrogens with one attached hydrogen (secondary N) is 3. The number of carbonyl (C=O) groups is 2. The second-order valence-corrected chi connectivity index (χ2v) is 4.65. The summed E-state index contributed by atoms with van der Waals surface area (Å²) in [5.74, 6) is -1.08. The van der Waals surface area contributed by atoms with Crippen molar-refractivity contribution in [3.8, 4) is 0 Å². The van der Waals surface area contributed by atoms with Gasteiger partial charge in [-0.2, -0.15) is 0 Å². The molecule has 0 aliphatic carbocycles. The van der Waals surface area contributed by atoms with Crippen molar-refractivity contribution >= 4 is 23.4 Å². The van der Waals surface area contributed by atoms with E-state index in [1.807, 2.05) is 0 Å². The first-order valence-corrected chi connectivity index (χ1v) is 6.45. The van der Waals surface area contributed by atoms with E-state index < -0.39 is 17.4 Å². The Bertz CT molecular complexity index is 710. The normalized spacial score (nSPS) is 9.95. The number of carbonyl (C=O) groups excluding carboxylic acids is 2. The molecule has 0 saturated heterocycles. The number of benzene rings is 1. The minimum Gasteiger partial charge on any atom is -0.328 e. The lowest BCUT2D eigenvalue weighted by Crippen LogP contribution is -2.43. The minimum atomic E-state index is -0.679. The maximum atomic E-state index is 11.7. The van der Waals surface area contributed by atoms with Gasteiger partial charge in [-0.15, -0.1) is 0 Å². The zero-order valence-electron chi connectivity index (χ0n) is 10.9. The number of H-pyrrole nitrogens is 1. The molecule has 1 heterocycles. The van der Waals surface area contributed by atoms with Crippen LogP contribution in [0.5, 0.6) is 0 Å². The lowest BCUT2D eigenvalue weighted by Gasteiger charge is -2.07. The number of aromatic amines is 1. The summed E-state index contributed by atoms with van der Waals surface area (Å²) in [4.78, 5) is 37.1. The molecule has 0 radical (unpaired) electrons. The van der Waals surface area contributed by atoms with Gasteiger partial charge in [0.1, 0.15) is 5.56 Å². The molecule has 0 aliphatic heterocycles. The van der Waals surface area contributed by atoms with Gasteiger partial charge in [0.25, 0.3) is 11.5 Å². The summed E-state index contributed by atoms with van der Waals surface area (Å²) in [6.45, 7) is 0. The summed E-state index contributed by atoms with van der Waals surface area (Å²) in [6, 6.07) is 9.65. The van der Waals surface area contributed by atoms with E-state index in [0.717, 1.165) is 5.56 Å². The van der Waals surface area contributed by atoms with Crippen molar-refractivity contribution in [2.45, 2.75) is 6.42 Å². The molecule has 108 valence electrons. The highest BCUT2D eigenvalue weighted by atomic mass is 35.5. The fourth-order valence-electron chi connectivity index (χ4n) is 1.63. The van der Waals surface area contributed by atoms with E-state index in [4.69, 9.17) is 11.6 Å². The standard InChI is InChI=1S/C14H12ClN3O3/c15-10-5-3-9(4-6-10)8-12(19)17-18-14(21)11-2-1-7-16-13(11)20/h1-7H,8H2,(H,16,20)(H,17,19)(H,18,21). The smallest absolute Gasteiger partial charge is 0.275 e. The molecule has 0 saturated carbocycles. The molecule has 0 fully saturated rings. The van der Waals surface area contributed by atoms with E-state index in [0.29, 0.717) is 5.02 Å². The first-order chi connectivity index (χ1) is 10.1. The summed E-state index contributed by atoms with van der Waals surface area (Å²) in [5, 5.41) is 0.579. The second-order valence-electron chi connectivity index (χ2n) is 4.22. The largest absolute Gasteiger partial charge is 0.328 e. The third kappa shape index (κ3) is 4.19. The van der Waals surface area contributed by atoms with Gasteiger partial charge in [-0.05, 0) is 29.8 Å². The first-order valence-electron chi connectivity index (χ1n) is 6.07. The summed E-state index contributed by atoms with van der Waals surface area (Å²) < 4.78 is 0. The van der Waals surface area contributed by atoms with Crippen molar-refractivity contribution in [1.82, 2.24) is 15.8 Å². The van der Waals surface area contributed by atoms with Crippen LogP contribution >= 0.6 is 11.6 Å². The van der Waals surface area contributed by atoms with Crippen LogP contribution in [0, 0.1) is 0 Å². The van der Waals surface area contributed by atoms with Gasteiger partial charge in [0, 0.05) is 11.2 Å². The number of hydrogen-bond donors (Lipinski definition) is 3. The fraction of sp³-hybridized carbons (Fsp3) is 0.0714. The zero-order chi connectivity index (χ0) is 15.2. The Balaban J connectivity index is 1.89. The Labute approximate surface area is 125 Å². The molecule has 1 aromatic carbocycles. The Kier molecular flexibility index (Phi) is 4.73. The monoisotopic (exact) mass is 305 g/mol. The Hall–Kier alpha value is -2.60. The van der Waals surface area contributed by atoms with Gasteiger partial charge in [-0.25, -0.2) is 0 Å². The molecule has 21 heavy (non-hydrogen) atoms. The van der Waals surface area contributed by atoms with E-state index >= 15 is 0 Å². The van der Waals surface area contributed by atoms with E-state index in [-0.39, 0.29) is 12.0 Å². The molecule has 0 bridgehead atoms. The van der Waals surface area contributed by atoms with Gasteiger partial charge in [0.15, 0.2) is 0 Å². The van der Waals surface area contributed by atoms with E-state index in [9.17, 15) is 14.4 Å². The van der Waals surface area contributed by atoms with Crippen LogP contribution in [0.3, 0.4) is 0 Å². The van der Waals surface area contributed by atoms with Gasteiger partial charge < -0.3 is 4.98 Å². The topological polar surface area (TPSA) is 91.1 Å². The maximum Gasteiger partial charge on any atom is 0.275 e. The van der Waals surface area contributed by atoms with Crippen molar-refractivity contribution in [2.24, 2.45) is 0 Å². The van der Waals surface area contributed by atoms with Crippen LogP contribution in [-0.4, -0.2) is 16.8 Å². The van der Waals surface area contributed by atoms with Crippen molar-refractivity contribution in [2.75, 3.05) is 0 Å². The van der Waals surface area contributed by atoms with Crippen molar-refractivity contribution in [1.29, 1.82) is 0 Å². The number of aromatic nitrogens is 1. The van der Waals surface area contributed by atoms with Crippen LogP contribution in [-0.2, 0) is 11.2 Å². The SMILES string of the molecule is O=C(Cc1ccc(Cl)cc1)NNC(=O)c1ccc[nH]c1=O. The molecule has 2 amide bonds. The van der Waals surface area contributed by atoms with Crippen molar-refractivity contribution in [3.63, 3.8) is 0 Å². The number of halogens is 1. The van der Waals surface area contributed by atoms with Gasteiger partial charge in [-0.1, -0.05) is 23.7 Å². The Morgan fingerprint density at radius 3 is 2.48 bits per heavy atom. The number of rotatable bonds is 3. The highest BCUT2D eigenvalue weighted by molar-refractivity contribution is 6.30. The third-order valence-electron chi connectivity index (χ3n) is 2.66. The maximum absolute atomic E-state index is 11.7. The molecule has 6 nitrogen and oxygen atoms in total. The molecule has 1 aromatic heterocycles. The summed E-state index contributed by atoms with van der Waals surface area (Å²) >= 11 is 5.74. The number of hydrogen-bond acceptors (Lipinski definition) is 3. The average Bonchev–Trinajstić information content (AvgIpc) is 2.48. The highest BCUT2D eigenvalue weighted by Gasteiger charge is 2.10. The number of pyridine rings is 1. The summed E-state index contributed by atoms with van der Waals surface area (Å²) in [7, 11) is 0. The molecule has 0 unspecified atom stereocenters. The predicted octanol–water partition coefficient (Wildman–Crippen LogP) is 1.03. The van der Waals surface area contributed by atoms with Gasteiger partial charge in [0.2, 0.25) is 5.91 Å². The number of hydrazine groups is 1. The number of amides is 2. The van der Waals surface area contributed by atoms with Gasteiger partial charge in [-0.3, -0.25) is 25.2 Å². The molecule has 7 heteroatoms. The predicted molar refractivity (Wildman–Crippen MR) is 77.8 cm³/mol. The lowest BCUT2D eigenvalue weighted by atomic mass is 10.1. The van der Waals surface area contributed by atoms with Crippen LogP contribution in [0.2, 0.25) is 5.02 Å². The highest BCUT2D eigenvalue weighted by Crippen LogP contribution is 2.09. The van der Waals surface area contributed by atoms with E-state index in [1.54, 1.807) is 24.3 Å². The molecule has 0 spiro atoms. The molecular weight excluding hydrogens is 294 g/mol. The van der Waals surface area contributed by atoms with E-state index in [1.165, 1.54) is 18.3 Å². The van der Waals surface area contributed by atoms with E-state index in [2.05, 4.69) is 15.8 Å². The average molecular weight is 306 g/mol. The Morgan fingerprint density at radius 1 is 1.10 bits per heavy atom. The van der Waals surface area contributed by atoms with Gasteiger partial charge >= 0.3 is 0 Å². The summed E-state index contributed by atoms with van der Waals surface area (Å²) in [5.41, 5.74) is 4.58. The molecule has 0 aliphatic rings. The Morgan fingerprint density at radius 2 is 1.81 bits per heavy atom. The molecule has 2 aromatic rings. The molecule has 3 N–H and O–H groups in total. The van der Waals surface area contributed by atoms with Crippen molar-refractivity contribution < 1.29 is 9.59 Å². The lowest BCUT2D eigenvalue weighted by molar-refractivity contribution is -0.121. The minimum absolute atomic E-state index is 0.0794. The second kappa shape index (κ2) is 6.71. The van der Waals surface area contributed by atoms with Crippen LogP contribution < -0.4 is 16.4 Å². The van der Waals surface area contributed by atoms with Gasteiger partial charge in [0.05, 0.1) is 6.42 Å². The molecule has 0 atom stereocenters. The zero-order valence-corrected chi connectivity index (χ0v) is 11.6. The fourth-order valence-corrected chi connectivity index (χ4v) is 1.75. The van der Waals surface area contributed by atoms with Crippen LogP contribution in [0.1, 0.15) is 15.9 Å². The quantitative estimate of drug-likeness (QED) is 0.740. The molecular formula is C14H12ClN3O3. The molecule has 2 rings (SSSR count). The van der Waals surface area contributed by atoms with Crippen molar-refractivity contribution in [3.05, 3.63) is 69.1 Å². The van der Waals surface area contributed by atoms with Crippen LogP contribution in [0.25, 0.3) is 0 Å². The van der Waals surface area contributed by atoms with Crippen LogP contribution in [0.15, 0.2) is 47.4 Å². The first kappa shape index (κ1) is 14.8.